The van der Waals surface area contributed by atoms with Crippen molar-refractivity contribution in [3.63, 3.8) is 0 Å². The SMILES string of the molecule is [B]B([B])B([B])B(B([B])[B])B1CC1COc1cccc(-c2c3nc(c(-c4cccc(OCC5CB5B(B([B])[B])B([B])B([B])[B])c4)c4[nH]c(c(Br)c4Br)c(-c4cccc(OCC5CB5B(B([B])[B])B([B])B([B])[B])c4)c4nc(c(-c5cccc(OCC6CB6B(B([B])[B])B([B])B([B])[B])c5)c5[nH]c2c(Br)c5Br)C(Br)=C4Br)C(Br)=C3Br)c1. The summed E-state index contributed by atoms with van der Waals surface area (Å²) in [4.78, 5) is 19.5. The van der Waals surface area contributed by atoms with E-state index >= 15 is 0 Å². The van der Waals surface area contributed by atoms with Gasteiger partial charge in [0.2, 0.25) is 0 Å². The third kappa shape index (κ3) is 19.0. The Labute approximate surface area is 761 Å². The van der Waals surface area contributed by atoms with Gasteiger partial charge in [0.05, 0.1) is 134 Å². The molecule has 8 bridgehead atoms. The van der Waals surface area contributed by atoms with Crippen molar-refractivity contribution in [3.8, 4) is 67.5 Å². The Morgan fingerprint density at radius 2 is 0.500 bits per heavy atom. The quantitative estimate of drug-likeness (QED) is 0.0592. The van der Waals surface area contributed by atoms with Gasteiger partial charge in [-0.3, -0.25) is 0 Å². The number of hydrogen-bond acceptors (Lipinski definition) is 6. The molecule has 0 amide bonds. The Hall–Kier alpha value is -0.883. The predicted octanol–water partition coefficient (Wildman–Crippen LogP) is 4.77. The maximum atomic E-state index is 6.75. The van der Waals surface area contributed by atoms with Crippen LogP contribution in [0.5, 0.6) is 23.0 Å². The van der Waals surface area contributed by atoms with Crippen molar-refractivity contribution < 1.29 is 18.9 Å². The zero-order valence-corrected chi connectivity index (χ0v) is 73.5. The highest BCUT2D eigenvalue weighted by Gasteiger charge is 2.54. The van der Waals surface area contributed by atoms with E-state index in [4.69, 9.17) is 184 Å². The summed E-state index contributed by atoms with van der Waals surface area (Å²) < 4.78 is 32.0. The molecule has 112 heavy (non-hydrogen) atoms. The number of aromatic amines is 2. The van der Waals surface area contributed by atoms with Crippen LogP contribution in [0.25, 0.3) is 84.5 Å². The molecule has 4 aromatic carbocycles. The van der Waals surface area contributed by atoms with Gasteiger partial charge < -0.3 is 28.9 Å². The second kappa shape index (κ2) is 37.4. The minimum absolute atomic E-state index is 0.0445. The van der Waals surface area contributed by atoms with Gasteiger partial charge in [-0.1, -0.05) is 73.8 Å². The Balaban J connectivity index is 1.04. The van der Waals surface area contributed by atoms with Gasteiger partial charge in [0.25, 0.3) is 0 Å². The van der Waals surface area contributed by atoms with Gasteiger partial charge in [0.15, 0.2) is 0 Å². The maximum Gasteiger partial charge on any atom is 0.119 e. The van der Waals surface area contributed by atoms with Crippen LogP contribution >= 0.6 is 127 Å². The van der Waals surface area contributed by atoms with Crippen LogP contribution in [0, 0.1) is 0 Å². The number of benzene rings is 4. The number of halogens is 8. The van der Waals surface area contributed by atoms with Crippen molar-refractivity contribution in [2.24, 2.45) is 0 Å². The van der Waals surface area contributed by atoms with Crippen LogP contribution in [-0.4, -0.2) is 330 Å². The molecule has 56 heteroatoms. The fraction of sp³-hybridized carbons (Fsp3) is 0.214. The Morgan fingerprint density at radius 3 is 0.679 bits per heavy atom. The van der Waals surface area contributed by atoms with E-state index in [-0.39, 0.29) is 75.2 Å². The first-order valence-electron chi connectivity index (χ1n) is 36.9. The highest BCUT2D eigenvalue weighted by atomic mass is 79.9. The second-order valence-corrected chi connectivity index (χ2v) is 37.0. The van der Waals surface area contributed by atoms with Crippen molar-refractivity contribution in [2.45, 2.75) is 48.5 Å². The van der Waals surface area contributed by atoms with Crippen molar-refractivity contribution in [1.82, 2.24) is 19.9 Å². The van der Waals surface area contributed by atoms with Crippen LogP contribution in [0.3, 0.4) is 0 Å². The normalized spacial score (nSPS) is 16.4. The summed E-state index contributed by atoms with van der Waals surface area (Å²) in [6, 6.07) is 31.5. The molecule has 0 saturated carbocycles. The summed E-state index contributed by atoms with van der Waals surface area (Å²) in [6.45, 7) is 1.54. The van der Waals surface area contributed by atoms with Gasteiger partial charge in [-0.05, 0) is 221 Å². The standard InChI is InChI=1S/C56H38B40Br8N4O4/c57-81(58)89(73)93(85(65)66)77-17-29(77)21-109-33-9-1-5-25(13-33)37-49-41(97)43(99)51(105-49)38(26-6-2-10-34(14-26)110-22-30-18-78(30)94(86(67)68)90(74)82(59)60)53-45(101)47(103)55(107-53)40(28-8-4-12-36(16-28)112-24-32-20-80(32)96(88(71)72)92(76)84(63)64)56-48(104)46(102)54(108-56)39(52-44(100)42(98)50(37)106-52)27-7-3-11-35(15-27)111-23-31-19-79(31)95(87(69)70)91(75)83(61)62/h1-16,29-32,105,108H,17-24H2. The van der Waals surface area contributed by atoms with E-state index in [9.17, 15) is 0 Å². The van der Waals surface area contributed by atoms with Gasteiger partial charge in [0, 0.05) is 279 Å². The van der Waals surface area contributed by atoms with Crippen LogP contribution in [0.15, 0.2) is 115 Å². The van der Waals surface area contributed by atoms with Gasteiger partial charge >= 0.3 is 0 Å². The molecule has 0 spiro atoms. The largest absolute Gasteiger partial charge is 0.494 e. The van der Waals surface area contributed by atoms with Crippen molar-refractivity contribution in [1.29, 1.82) is 0 Å². The summed E-state index contributed by atoms with van der Waals surface area (Å²) in [7, 11) is 126. The molecule has 3 aromatic heterocycles. The second-order valence-electron chi connectivity index (χ2n) is 30.6. The number of ether oxygens (including phenoxy) is 4. The number of H-pyrrole nitrogens is 2. The van der Waals surface area contributed by atoms with Crippen LogP contribution in [0.2, 0.25) is 48.5 Å². The van der Waals surface area contributed by atoms with E-state index in [2.05, 4.69) is 137 Å². The van der Waals surface area contributed by atoms with Crippen LogP contribution in [0.1, 0.15) is 22.8 Å². The monoisotopic (exact) mass is 1900 g/mol. The molecule has 4 unspecified atom stereocenters. The summed E-state index contributed by atoms with van der Waals surface area (Å²) >= 11 is 33.3. The van der Waals surface area contributed by atoms with Gasteiger partial charge in [-0.25, -0.2) is 9.97 Å². The van der Waals surface area contributed by atoms with Crippen LogP contribution < -0.4 is 18.9 Å². The first-order chi connectivity index (χ1) is 53.2. The molecule has 4 saturated heterocycles. The van der Waals surface area contributed by atoms with E-state index in [1.165, 1.54) is 0 Å². The van der Waals surface area contributed by atoms with E-state index < -0.39 is 76.6 Å². The number of hydrogen-bond donors (Lipinski definition) is 2. The number of nitrogens with zero attached hydrogens (tertiary/aromatic N) is 2. The Morgan fingerprint density at radius 1 is 0.304 bits per heavy atom. The molecule has 13 rings (SSSR count). The third-order valence-electron chi connectivity index (χ3n) is 22.9. The van der Waals surface area contributed by atoms with E-state index in [0.717, 1.165) is 47.5 Å². The summed E-state index contributed by atoms with van der Waals surface area (Å²) in [5.74, 6) is 2.64. The van der Waals surface area contributed by atoms with Crippen molar-refractivity contribution in [3.05, 3.63) is 138 Å². The fourth-order valence-electron chi connectivity index (χ4n) is 16.5. The average Bonchev–Trinajstić information content (AvgIpc) is 1.57. The van der Waals surface area contributed by atoms with Gasteiger partial charge in [-0.15, -0.1) is 0 Å². The van der Waals surface area contributed by atoms with Crippen LogP contribution in [-0.2, 0) is 0 Å². The summed E-state index contributed by atoms with van der Waals surface area (Å²) in [5, 5.41) is 0. The average molecular weight is 1900 g/mol. The zero-order valence-electron chi connectivity index (χ0n) is 60.8. The molecule has 4 atom stereocenters. The lowest BCUT2D eigenvalue weighted by atomic mass is 8.57. The Kier molecular flexibility index (Phi) is 29.7. The van der Waals surface area contributed by atoms with Gasteiger partial charge in [-0.2, -0.15) is 0 Å². The molecule has 482 valence electrons. The first kappa shape index (κ1) is 88.9. The predicted molar refractivity (Wildman–Crippen MR) is 549 cm³/mol. The zero-order chi connectivity index (χ0) is 80.6. The molecule has 6 aliphatic rings. The first-order valence-corrected chi connectivity index (χ1v) is 43.2. The molecule has 0 aliphatic carbocycles. The minimum Gasteiger partial charge on any atom is -0.494 e. The number of aromatic nitrogens is 4. The highest BCUT2D eigenvalue weighted by molar-refractivity contribution is 9.18. The van der Waals surface area contributed by atoms with Crippen molar-refractivity contribution >= 4 is 451 Å². The lowest BCUT2D eigenvalue weighted by Crippen LogP contribution is -2.63. The third-order valence-corrected chi connectivity index (χ3v) is 31.3. The topological polar surface area (TPSA) is 94.3 Å². The summed E-state index contributed by atoms with van der Waals surface area (Å²) in [6.07, 6.45) is -6.81. The van der Waals surface area contributed by atoms with E-state index in [1.54, 1.807) is 0 Å². The molecule has 7 aromatic rings. The maximum absolute atomic E-state index is 6.75. The molecule has 9 heterocycles. The molecule has 8 nitrogen and oxygen atoms in total. The fourth-order valence-corrected chi connectivity index (χ4v) is 20.4. The van der Waals surface area contributed by atoms with E-state index in [0.29, 0.717) is 152 Å². The lowest BCUT2D eigenvalue weighted by Gasteiger charge is -2.25. The molecule has 4 fully saturated rings. The van der Waals surface area contributed by atoms with Crippen molar-refractivity contribution in [2.75, 3.05) is 26.4 Å². The van der Waals surface area contributed by atoms with Crippen LogP contribution in [0.4, 0.5) is 0 Å². The molecule has 6 aliphatic heterocycles. The lowest BCUT2D eigenvalue weighted by molar-refractivity contribution is 0.326. The van der Waals surface area contributed by atoms with Gasteiger partial charge in [0.1, 0.15) is 23.0 Å². The highest BCUT2D eigenvalue weighted by Crippen LogP contribution is 2.55. The molecular formula is C56H38B40Br8N4O4. The summed E-state index contributed by atoms with van der Waals surface area (Å²) in [5.41, 5.74) is 10.1. The van der Waals surface area contributed by atoms with E-state index in [1.807, 2.05) is 97.1 Å². The minimum atomic E-state index is -0.807. The molecule has 40 radical (unpaired) electrons. The number of fused-ring (bicyclic) bond motifs is 8. The smallest absolute Gasteiger partial charge is 0.119 e. The number of rotatable bonds is 32. The number of nitrogens with one attached hydrogen (secondary N) is 2. The molecule has 2 N–H and O–H groups in total. The molecular weight excluding hydrogens is 1860 g/mol. The Bertz CT molecular complexity index is 4360.